The maximum atomic E-state index is 12.0. The summed E-state index contributed by atoms with van der Waals surface area (Å²) in [5.74, 6) is 6.27. The number of hydrogen-bond donors (Lipinski definition) is 0. The molecule has 0 aliphatic rings. The van der Waals surface area contributed by atoms with Gasteiger partial charge in [0.05, 0.1) is 17.2 Å². The lowest BCUT2D eigenvalue weighted by Crippen LogP contribution is -2.16. The van der Waals surface area contributed by atoms with E-state index in [2.05, 4.69) is 35.9 Å². The van der Waals surface area contributed by atoms with Crippen LogP contribution < -0.4 is 5.56 Å². The molecule has 0 saturated heterocycles. The first kappa shape index (κ1) is 14.1. The lowest BCUT2D eigenvalue weighted by molar-refractivity contribution is 0.843. The largest absolute Gasteiger partial charge is 0.302 e. The van der Waals surface area contributed by atoms with E-state index in [1.807, 2.05) is 24.3 Å². The van der Waals surface area contributed by atoms with E-state index in [0.29, 0.717) is 10.9 Å². The third-order valence-electron chi connectivity index (χ3n) is 3.63. The molecule has 3 nitrogen and oxygen atoms in total. The molecule has 1 aromatic heterocycles. The molecule has 0 saturated carbocycles. The van der Waals surface area contributed by atoms with E-state index in [-0.39, 0.29) is 5.56 Å². The minimum absolute atomic E-state index is 0.0420. The van der Waals surface area contributed by atoms with E-state index >= 15 is 0 Å². The number of rotatable bonds is 1. The molecule has 0 radical (unpaired) electrons. The van der Waals surface area contributed by atoms with Crippen molar-refractivity contribution in [3.05, 3.63) is 75.8 Å². The summed E-state index contributed by atoms with van der Waals surface area (Å²) in [7, 11) is 1.70. The Hall–Kier alpha value is -2.86. The molecule has 3 aromatic rings. The van der Waals surface area contributed by atoms with E-state index in [4.69, 9.17) is 0 Å². The van der Waals surface area contributed by atoms with Crippen molar-refractivity contribution >= 4 is 10.9 Å². The number of aryl methyl sites for hydroxylation is 2. The summed E-state index contributed by atoms with van der Waals surface area (Å²) in [5.41, 5.74) is 3.77. The molecule has 3 rings (SSSR count). The minimum Gasteiger partial charge on any atom is -0.302 e. The zero-order valence-electron chi connectivity index (χ0n) is 12.6. The van der Waals surface area contributed by atoms with Crippen LogP contribution in [0, 0.1) is 11.8 Å². The lowest BCUT2D eigenvalue weighted by Gasteiger charge is -2.00. The van der Waals surface area contributed by atoms with Gasteiger partial charge in [-0.3, -0.25) is 4.79 Å². The van der Waals surface area contributed by atoms with Gasteiger partial charge in [-0.15, -0.1) is 0 Å². The molecule has 0 fully saturated rings. The van der Waals surface area contributed by atoms with Crippen molar-refractivity contribution in [1.82, 2.24) is 9.55 Å². The van der Waals surface area contributed by atoms with Crippen molar-refractivity contribution in [2.75, 3.05) is 0 Å². The van der Waals surface area contributed by atoms with E-state index in [9.17, 15) is 4.79 Å². The molecule has 0 bridgehead atoms. The SMILES string of the molecule is CCc1ccc(C#Cc2ccc3c(=O)n(C)cnc3c2)cc1. The molecule has 0 N–H and O–H groups in total. The number of aromatic nitrogens is 2. The molecular formula is C19H16N2O. The number of fused-ring (bicyclic) bond motifs is 1. The molecule has 0 atom stereocenters. The molecule has 2 aromatic carbocycles. The van der Waals surface area contributed by atoms with Crippen LogP contribution in [-0.4, -0.2) is 9.55 Å². The van der Waals surface area contributed by atoms with E-state index in [0.717, 1.165) is 17.5 Å². The van der Waals surface area contributed by atoms with Gasteiger partial charge in [0.25, 0.3) is 5.56 Å². The number of hydrogen-bond acceptors (Lipinski definition) is 2. The van der Waals surface area contributed by atoms with Crippen molar-refractivity contribution in [2.24, 2.45) is 7.05 Å². The van der Waals surface area contributed by atoms with Crippen molar-refractivity contribution in [2.45, 2.75) is 13.3 Å². The van der Waals surface area contributed by atoms with Crippen LogP contribution in [0.4, 0.5) is 0 Å². The van der Waals surface area contributed by atoms with Crippen LogP contribution in [0.25, 0.3) is 10.9 Å². The molecular weight excluding hydrogens is 272 g/mol. The first-order valence-electron chi connectivity index (χ1n) is 7.24. The smallest absolute Gasteiger partial charge is 0.260 e. The first-order chi connectivity index (χ1) is 10.7. The molecule has 1 heterocycles. The highest BCUT2D eigenvalue weighted by molar-refractivity contribution is 5.79. The topological polar surface area (TPSA) is 34.9 Å². The maximum absolute atomic E-state index is 12.0. The molecule has 0 aliphatic carbocycles. The average molecular weight is 288 g/mol. The maximum Gasteiger partial charge on any atom is 0.260 e. The van der Waals surface area contributed by atoms with Crippen LogP contribution in [0.1, 0.15) is 23.6 Å². The Morgan fingerprint density at radius 3 is 2.45 bits per heavy atom. The minimum atomic E-state index is -0.0420. The van der Waals surface area contributed by atoms with Gasteiger partial charge in [-0.25, -0.2) is 4.98 Å². The highest BCUT2D eigenvalue weighted by Gasteiger charge is 2.01. The average Bonchev–Trinajstić information content (AvgIpc) is 2.57. The fourth-order valence-electron chi connectivity index (χ4n) is 2.26. The summed E-state index contributed by atoms with van der Waals surface area (Å²) in [6, 6.07) is 13.7. The van der Waals surface area contributed by atoms with E-state index in [1.54, 1.807) is 13.1 Å². The standard InChI is InChI=1S/C19H16N2O/c1-3-14-4-6-15(7-5-14)8-9-16-10-11-17-18(12-16)20-13-21(2)19(17)22/h4-7,10-13H,3H2,1-2H3. The fraction of sp³-hybridized carbons (Fsp3) is 0.158. The van der Waals surface area contributed by atoms with Gasteiger partial charge in [0, 0.05) is 18.2 Å². The van der Waals surface area contributed by atoms with Crippen molar-refractivity contribution < 1.29 is 0 Å². The highest BCUT2D eigenvalue weighted by atomic mass is 16.1. The van der Waals surface area contributed by atoms with Gasteiger partial charge in [-0.1, -0.05) is 30.9 Å². The normalized spacial score (nSPS) is 10.3. The Bertz CT molecular complexity index is 941. The second-order valence-electron chi connectivity index (χ2n) is 5.19. The van der Waals surface area contributed by atoms with Crippen molar-refractivity contribution in [1.29, 1.82) is 0 Å². The zero-order chi connectivity index (χ0) is 15.5. The van der Waals surface area contributed by atoms with Crippen LogP contribution in [0.2, 0.25) is 0 Å². The number of benzene rings is 2. The summed E-state index contributed by atoms with van der Waals surface area (Å²) >= 11 is 0. The van der Waals surface area contributed by atoms with Gasteiger partial charge in [-0.05, 0) is 42.3 Å². The highest BCUT2D eigenvalue weighted by Crippen LogP contribution is 2.09. The van der Waals surface area contributed by atoms with Gasteiger partial charge < -0.3 is 4.57 Å². The van der Waals surface area contributed by atoms with Crippen LogP contribution in [-0.2, 0) is 13.5 Å². The number of nitrogens with zero attached hydrogens (tertiary/aromatic N) is 2. The Kier molecular flexibility index (Phi) is 3.76. The van der Waals surface area contributed by atoms with Crippen LogP contribution in [0.5, 0.6) is 0 Å². The Labute approximate surface area is 129 Å². The Morgan fingerprint density at radius 1 is 1.05 bits per heavy atom. The second-order valence-corrected chi connectivity index (χ2v) is 5.19. The Morgan fingerprint density at radius 2 is 1.73 bits per heavy atom. The zero-order valence-corrected chi connectivity index (χ0v) is 12.6. The van der Waals surface area contributed by atoms with Gasteiger partial charge in [0.1, 0.15) is 0 Å². The lowest BCUT2D eigenvalue weighted by atomic mass is 10.1. The second kappa shape index (κ2) is 5.87. The van der Waals surface area contributed by atoms with Gasteiger partial charge >= 0.3 is 0 Å². The first-order valence-corrected chi connectivity index (χ1v) is 7.24. The predicted molar refractivity (Wildman–Crippen MR) is 88.8 cm³/mol. The summed E-state index contributed by atoms with van der Waals surface area (Å²) < 4.78 is 1.48. The van der Waals surface area contributed by atoms with E-state index < -0.39 is 0 Å². The van der Waals surface area contributed by atoms with Gasteiger partial charge in [0.2, 0.25) is 0 Å². The quantitative estimate of drug-likeness (QED) is 0.645. The monoisotopic (exact) mass is 288 g/mol. The predicted octanol–water partition coefficient (Wildman–Crippen LogP) is 2.90. The van der Waals surface area contributed by atoms with Crippen molar-refractivity contribution in [3.63, 3.8) is 0 Å². The third kappa shape index (κ3) is 2.77. The van der Waals surface area contributed by atoms with Gasteiger partial charge in [-0.2, -0.15) is 0 Å². The van der Waals surface area contributed by atoms with E-state index in [1.165, 1.54) is 16.5 Å². The molecule has 108 valence electrons. The third-order valence-corrected chi connectivity index (χ3v) is 3.63. The molecule has 0 amide bonds. The molecule has 0 aliphatic heterocycles. The summed E-state index contributed by atoms with van der Waals surface area (Å²) in [4.78, 5) is 16.2. The van der Waals surface area contributed by atoms with Crippen LogP contribution >= 0.6 is 0 Å². The van der Waals surface area contributed by atoms with Crippen LogP contribution in [0.3, 0.4) is 0 Å². The van der Waals surface area contributed by atoms with Crippen LogP contribution in [0.15, 0.2) is 53.6 Å². The summed E-state index contributed by atoms with van der Waals surface area (Å²) in [6.45, 7) is 2.13. The summed E-state index contributed by atoms with van der Waals surface area (Å²) in [6.07, 6.45) is 2.56. The molecule has 0 unspecified atom stereocenters. The molecule has 22 heavy (non-hydrogen) atoms. The summed E-state index contributed by atoms with van der Waals surface area (Å²) in [5, 5.41) is 0.614. The van der Waals surface area contributed by atoms with Gasteiger partial charge in [0.15, 0.2) is 0 Å². The Balaban J connectivity index is 1.96. The van der Waals surface area contributed by atoms with Crippen molar-refractivity contribution in [3.8, 4) is 11.8 Å². The molecule has 0 spiro atoms. The fourth-order valence-corrected chi connectivity index (χ4v) is 2.26. The molecule has 3 heteroatoms.